The molecule has 1 saturated heterocycles. The second-order valence-electron chi connectivity index (χ2n) is 7.19. The normalized spacial score (nSPS) is 14.4. The monoisotopic (exact) mass is 476 g/mol. The quantitative estimate of drug-likeness (QED) is 0.526. The molecule has 0 atom stereocenters. The van der Waals surface area contributed by atoms with Crippen LogP contribution in [-0.4, -0.2) is 65.8 Å². The van der Waals surface area contributed by atoms with Crippen molar-refractivity contribution in [1.29, 1.82) is 0 Å². The van der Waals surface area contributed by atoms with Gasteiger partial charge in [0.15, 0.2) is 18.1 Å². The van der Waals surface area contributed by atoms with Gasteiger partial charge in [0.1, 0.15) is 5.75 Å². The van der Waals surface area contributed by atoms with E-state index in [0.717, 1.165) is 5.56 Å². The van der Waals surface area contributed by atoms with Gasteiger partial charge in [0, 0.05) is 13.1 Å². The number of hydrogen-bond donors (Lipinski definition) is 1. The molecule has 33 heavy (non-hydrogen) atoms. The lowest BCUT2D eigenvalue weighted by Gasteiger charge is -2.26. The van der Waals surface area contributed by atoms with Gasteiger partial charge in [-0.25, -0.2) is 8.42 Å². The van der Waals surface area contributed by atoms with Crippen molar-refractivity contribution in [3.8, 4) is 17.2 Å². The molecule has 1 aliphatic rings. The van der Waals surface area contributed by atoms with Crippen LogP contribution >= 0.6 is 0 Å². The molecule has 0 saturated carbocycles. The van der Waals surface area contributed by atoms with Gasteiger partial charge in [0.2, 0.25) is 10.0 Å². The van der Waals surface area contributed by atoms with E-state index in [4.69, 9.17) is 18.9 Å². The van der Waals surface area contributed by atoms with Gasteiger partial charge in [-0.1, -0.05) is 12.1 Å². The Morgan fingerprint density at radius 1 is 1.09 bits per heavy atom. The number of amides is 1. The predicted octanol–water partition coefficient (Wildman–Crippen LogP) is 2.47. The highest BCUT2D eigenvalue weighted by Crippen LogP contribution is 2.30. The second kappa shape index (κ2) is 11.2. The molecule has 10 heteroatoms. The van der Waals surface area contributed by atoms with E-state index in [1.165, 1.54) is 36.7 Å². The minimum atomic E-state index is -3.73. The Bertz CT molecular complexity index is 1100. The lowest BCUT2D eigenvalue weighted by molar-refractivity contribution is -0.118. The molecule has 1 heterocycles. The van der Waals surface area contributed by atoms with E-state index in [1.807, 2.05) is 12.1 Å². The van der Waals surface area contributed by atoms with Gasteiger partial charge >= 0.3 is 0 Å². The van der Waals surface area contributed by atoms with Gasteiger partial charge in [-0.3, -0.25) is 4.79 Å². The third kappa shape index (κ3) is 6.04. The average Bonchev–Trinajstić information content (AvgIpc) is 2.83. The van der Waals surface area contributed by atoms with Crippen LogP contribution in [0.25, 0.3) is 0 Å². The van der Waals surface area contributed by atoms with Crippen LogP contribution in [0.2, 0.25) is 0 Å². The van der Waals surface area contributed by atoms with Crippen LogP contribution in [0, 0.1) is 0 Å². The number of benzene rings is 2. The van der Waals surface area contributed by atoms with Gasteiger partial charge in [0.05, 0.1) is 38.0 Å². The number of rotatable bonds is 10. The van der Waals surface area contributed by atoms with Gasteiger partial charge in [-0.05, 0) is 42.3 Å². The third-order valence-corrected chi connectivity index (χ3v) is 6.91. The number of hydrogen-bond acceptors (Lipinski definition) is 7. The number of carbonyl (C=O) groups is 1. The standard InChI is InChI=1S/C23H28N2O7S/c1-4-5-17-6-8-21(22(14-17)30-3)32-16-23(26)24-19-15-18(7-9-20(19)29-2)33(27,28)25-10-12-31-13-11-25/h4,6-9,14-15H,1,5,10-13,16H2,2-3H3,(H,24,26). The molecular formula is C23H28N2O7S. The zero-order valence-electron chi connectivity index (χ0n) is 18.7. The number of carbonyl (C=O) groups excluding carboxylic acids is 1. The molecule has 178 valence electrons. The largest absolute Gasteiger partial charge is 0.495 e. The molecule has 0 radical (unpaired) electrons. The van der Waals surface area contributed by atoms with Crippen LogP contribution < -0.4 is 19.5 Å². The van der Waals surface area contributed by atoms with Crippen LogP contribution in [0.1, 0.15) is 5.56 Å². The Morgan fingerprint density at radius 3 is 2.45 bits per heavy atom. The van der Waals surface area contributed by atoms with Crippen molar-refractivity contribution in [3.05, 3.63) is 54.6 Å². The molecule has 1 N–H and O–H groups in total. The summed E-state index contributed by atoms with van der Waals surface area (Å²) in [6.45, 7) is 4.64. The Balaban J connectivity index is 1.72. The highest BCUT2D eigenvalue weighted by molar-refractivity contribution is 7.89. The van der Waals surface area contributed by atoms with Crippen molar-refractivity contribution in [1.82, 2.24) is 4.31 Å². The summed E-state index contributed by atoms with van der Waals surface area (Å²) in [6, 6.07) is 9.74. The minimum Gasteiger partial charge on any atom is -0.495 e. The molecule has 0 aliphatic carbocycles. The number of nitrogens with zero attached hydrogens (tertiary/aromatic N) is 1. The molecule has 3 rings (SSSR count). The second-order valence-corrected chi connectivity index (χ2v) is 9.13. The molecule has 0 bridgehead atoms. The van der Waals surface area contributed by atoms with Crippen LogP contribution in [0.5, 0.6) is 17.2 Å². The van der Waals surface area contributed by atoms with E-state index >= 15 is 0 Å². The van der Waals surface area contributed by atoms with E-state index in [0.29, 0.717) is 36.9 Å². The van der Waals surface area contributed by atoms with Crippen molar-refractivity contribution in [3.63, 3.8) is 0 Å². The van der Waals surface area contributed by atoms with Gasteiger partial charge in [-0.15, -0.1) is 6.58 Å². The lowest BCUT2D eigenvalue weighted by atomic mass is 10.1. The van der Waals surface area contributed by atoms with Crippen LogP contribution in [0.15, 0.2) is 53.9 Å². The number of anilines is 1. The Morgan fingerprint density at radius 2 is 1.79 bits per heavy atom. The molecule has 2 aromatic carbocycles. The maximum atomic E-state index is 13.0. The van der Waals surface area contributed by atoms with Gasteiger partial charge in [0.25, 0.3) is 5.91 Å². The van der Waals surface area contributed by atoms with Crippen molar-refractivity contribution < 1.29 is 32.2 Å². The summed E-state index contributed by atoms with van der Waals surface area (Å²) in [6.07, 6.45) is 2.46. The van der Waals surface area contributed by atoms with Crippen molar-refractivity contribution in [2.45, 2.75) is 11.3 Å². The van der Waals surface area contributed by atoms with Crippen molar-refractivity contribution in [2.75, 3.05) is 52.4 Å². The smallest absolute Gasteiger partial charge is 0.262 e. The Kier molecular flexibility index (Phi) is 8.32. The van der Waals surface area contributed by atoms with E-state index in [2.05, 4.69) is 11.9 Å². The summed E-state index contributed by atoms with van der Waals surface area (Å²) >= 11 is 0. The Hall–Kier alpha value is -3.08. The zero-order chi connectivity index (χ0) is 23.8. The highest BCUT2D eigenvalue weighted by atomic mass is 32.2. The number of nitrogens with one attached hydrogen (secondary N) is 1. The molecule has 9 nitrogen and oxygen atoms in total. The fourth-order valence-electron chi connectivity index (χ4n) is 3.34. The highest BCUT2D eigenvalue weighted by Gasteiger charge is 2.27. The first-order chi connectivity index (χ1) is 15.9. The number of sulfonamides is 1. The first-order valence-electron chi connectivity index (χ1n) is 10.4. The summed E-state index contributed by atoms with van der Waals surface area (Å²) in [7, 11) is -0.770. The van der Waals surface area contributed by atoms with E-state index in [1.54, 1.807) is 12.1 Å². The molecular weight excluding hydrogens is 448 g/mol. The molecule has 0 aromatic heterocycles. The summed E-state index contributed by atoms with van der Waals surface area (Å²) < 4.78 is 48.7. The number of morpholine rings is 1. The summed E-state index contributed by atoms with van der Waals surface area (Å²) in [5.41, 5.74) is 1.23. The van der Waals surface area contributed by atoms with E-state index in [-0.39, 0.29) is 30.3 Å². The molecule has 1 amide bonds. The molecule has 1 fully saturated rings. The summed E-state index contributed by atoms with van der Waals surface area (Å²) in [5.74, 6) is 0.761. The number of ether oxygens (including phenoxy) is 4. The van der Waals surface area contributed by atoms with E-state index in [9.17, 15) is 13.2 Å². The van der Waals surface area contributed by atoms with Gasteiger partial charge in [-0.2, -0.15) is 4.31 Å². The number of allylic oxidation sites excluding steroid dienone is 1. The fraction of sp³-hybridized carbons (Fsp3) is 0.348. The zero-order valence-corrected chi connectivity index (χ0v) is 19.5. The maximum absolute atomic E-state index is 13.0. The van der Waals surface area contributed by atoms with Crippen LogP contribution in [-0.2, 0) is 26.0 Å². The maximum Gasteiger partial charge on any atom is 0.262 e. The molecule has 2 aromatic rings. The lowest BCUT2D eigenvalue weighted by Crippen LogP contribution is -2.40. The topological polar surface area (TPSA) is 103 Å². The SMILES string of the molecule is C=CCc1ccc(OCC(=O)Nc2cc(S(=O)(=O)N3CCOCC3)ccc2OC)c(OC)c1. The Labute approximate surface area is 193 Å². The van der Waals surface area contributed by atoms with Gasteiger partial charge < -0.3 is 24.3 Å². The first-order valence-corrected chi connectivity index (χ1v) is 11.8. The molecule has 0 unspecified atom stereocenters. The molecule has 1 aliphatic heterocycles. The van der Waals surface area contributed by atoms with Crippen molar-refractivity contribution in [2.24, 2.45) is 0 Å². The van der Waals surface area contributed by atoms with Crippen LogP contribution in [0.4, 0.5) is 5.69 Å². The minimum absolute atomic E-state index is 0.0564. The van der Waals surface area contributed by atoms with E-state index < -0.39 is 15.9 Å². The summed E-state index contributed by atoms with van der Waals surface area (Å²) in [4.78, 5) is 12.6. The molecule has 0 spiro atoms. The summed E-state index contributed by atoms with van der Waals surface area (Å²) in [5, 5.41) is 2.67. The van der Waals surface area contributed by atoms with Crippen LogP contribution in [0.3, 0.4) is 0 Å². The number of methoxy groups -OCH3 is 2. The average molecular weight is 477 g/mol. The first kappa shape index (κ1) is 24.6. The predicted molar refractivity (Wildman–Crippen MR) is 124 cm³/mol. The van der Waals surface area contributed by atoms with Crippen molar-refractivity contribution >= 4 is 21.6 Å². The third-order valence-electron chi connectivity index (χ3n) is 5.02. The fourth-order valence-corrected chi connectivity index (χ4v) is 4.77.